The molecule has 28 heavy (non-hydrogen) atoms. The number of unbranched alkanes of at least 4 members (excludes halogenated alkanes) is 17. The van der Waals surface area contributed by atoms with E-state index in [1.165, 1.54) is 128 Å². The highest BCUT2D eigenvalue weighted by Gasteiger charge is 2.15. The van der Waals surface area contributed by atoms with Gasteiger partial charge in [-0.2, -0.15) is 0 Å². The van der Waals surface area contributed by atoms with E-state index in [4.69, 9.17) is 0 Å². The first-order valence-corrected chi connectivity index (χ1v) is 13.0. The maximum Gasteiger partial charge on any atom is 0.0992 e. The second-order valence-corrected chi connectivity index (χ2v) is 8.90. The summed E-state index contributed by atoms with van der Waals surface area (Å²) in [6, 6.07) is 0. The first-order valence-electron chi connectivity index (χ1n) is 13.0. The summed E-state index contributed by atoms with van der Waals surface area (Å²) in [4.78, 5) is 7.11. The van der Waals surface area contributed by atoms with E-state index in [1.807, 2.05) is 0 Å². The zero-order chi connectivity index (χ0) is 20.1. The van der Waals surface area contributed by atoms with Gasteiger partial charge in [-0.25, -0.2) is 0 Å². The van der Waals surface area contributed by atoms with Crippen LogP contribution in [-0.4, -0.2) is 36.9 Å². The second kappa shape index (κ2) is 19.7. The van der Waals surface area contributed by atoms with E-state index in [0.717, 1.165) is 26.2 Å². The summed E-state index contributed by atoms with van der Waals surface area (Å²) >= 11 is 0. The summed E-state index contributed by atoms with van der Waals surface area (Å²) in [5.74, 6) is 1.36. The maximum absolute atomic E-state index is 4.66. The van der Waals surface area contributed by atoms with Crippen LogP contribution < -0.4 is 5.73 Å². The fraction of sp³-hybridized carbons (Fsp3) is 0.960. The molecular formula is C25H52N3+. The van der Waals surface area contributed by atoms with Crippen LogP contribution in [0.25, 0.3) is 0 Å². The summed E-state index contributed by atoms with van der Waals surface area (Å²) < 4.78 is 0. The van der Waals surface area contributed by atoms with E-state index in [9.17, 15) is 0 Å². The van der Waals surface area contributed by atoms with Crippen LogP contribution in [0.2, 0.25) is 0 Å². The van der Waals surface area contributed by atoms with Crippen LogP contribution in [-0.2, 0) is 0 Å². The molecule has 0 saturated heterocycles. The van der Waals surface area contributed by atoms with E-state index >= 15 is 0 Å². The molecule has 0 fully saturated rings. The molecule has 1 aliphatic rings. The number of hydrogen-bond donors (Lipinski definition) is 1. The van der Waals surface area contributed by atoms with E-state index < -0.39 is 0 Å². The van der Waals surface area contributed by atoms with Crippen molar-refractivity contribution in [1.29, 1.82) is 0 Å². The van der Waals surface area contributed by atoms with Gasteiger partial charge in [-0.15, -0.1) is 0 Å². The van der Waals surface area contributed by atoms with Crippen molar-refractivity contribution in [2.75, 3.05) is 26.2 Å². The monoisotopic (exact) mass is 394 g/mol. The van der Waals surface area contributed by atoms with Crippen LogP contribution in [0.3, 0.4) is 0 Å². The largest absolute Gasteiger partial charge is 0.356 e. The average molecular weight is 395 g/mol. The molecule has 1 rings (SSSR count). The Bertz CT molecular complexity index is 354. The van der Waals surface area contributed by atoms with Crippen LogP contribution in [0.15, 0.2) is 4.99 Å². The van der Waals surface area contributed by atoms with E-state index in [2.05, 4.69) is 22.5 Å². The molecule has 3 nitrogen and oxygen atoms in total. The Balaban J connectivity index is 1.72. The lowest BCUT2D eigenvalue weighted by Gasteiger charge is -2.18. The maximum atomic E-state index is 4.66. The lowest BCUT2D eigenvalue weighted by atomic mass is 10.0. The van der Waals surface area contributed by atoms with Gasteiger partial charge in [0.2, 0.25) is 0 Å². The molecule has 1 heterocycles. The molecule has 0 spiro atoms. The number of nitrogens with zero attached hydrogens (tertiary/aromatic N) is 2. The first kappa shape index (κ1) is 25.5. The summed E-state index contributed by atoms with van der Waals surface area (Å²) in [5.41, 5.74) is 3.97. The van der Waals surface area contributed by atoms with Crippen molar-refractivity contribution in [3.63, 3.8) is 0 Å². The molecule has 0 bridgehead atoms. The fourth-order valence-electron chi connectivity index (χ4n) is 4.38. The quantitative estimate of drug-likeness (QED) is 0.226. The van der Waals surface area contributed by atoms with E-state index in [1.54, 1.807) is 0 Å². The molecule has 0 aliphatic carbocycles. The molecule has 166 valence electrons. The Hall–Kier alpha value is -0.570. The van der Waals surface area contributed by atoms with Crippen molar-refractivity contribution in [3.8, 4) is 0 Å². The SMILES string of the molecule is CCCCCCCCCCCCCCCCCCCCC1=NCCN1CC[NH3+]. The van der Waals surface area contributed by atoms with Crippen molar-refractivity contribution in [1.82, 2.24) is 4.90 Å². The number of amidine groups is 1. The predicted octanol–water partition coefficient (Wildman–Crippen LogP) is 6.37. The summed E-state index contributed by atoms with van der Waals surface area (Å²) in [6.45, 7) is 6.53. The Labute approximate surface area is 176 Å². The Morgan fingerprint density at radius 1 is 0.679 bits per heavy atom. The van der Waals surface area contributed by atoms with Crippen molar-refractivity contribution in [3.05, 3.63) is 0 Å². The molecule has 0 aromatic heterocycles. The van der Waals surface area contributed by atoms with Gasteiger partial charge in [-0.3, -0.25) is 4.99 Å². The van der Waals surface area contributed by atoms with Gasteiger partial charge in [0.25, 0.3) is 0 Å². The second-order valence-electron chi connectivity index (χ2n) is 8.90. The fourth-order valence-corrected chi connectivity index (χ4v) is 4.38. The van der Waals surface area contributed by atoms with Gasteiger partial charge in [0.05, 0.1) is 25.5 Å². The molecule has 3 heteroatoms. The third-order valence-electron chi connectivity index (χ3n) is 6.21. The van der Waals surface area contributed by atoms with Gasteiger partial charge < -0.3 is 10.6 Å². The highest BCUT2D eigenvalue weighted by Crippen LogP contribution is 2.15. The normalized spacial score (nSPS) is 14.1. The highest BCUT2D eigenvalue weighted by atomic mass is 15.2. The van der Waals surface area contributed by atoms with Gasteiger partial charge in [-0.1, -0.05) is 116 Å². The van der Waals surface area contributed by atoms with Crippen LogP contribution >= 0.6 is 0 Å². The summed E-state index contributed by atoms with van der Waals surface area (Å²) in [5, 5.41) is 0. The topological polar surface area (TPSA) is 43.2 Å². The predicted molar refractivity (Wildman–Crippen MR) is 125 cm³/mol. The molecule has 0 aromatic carbocycles. The minimum Gasteiger partial charge on any atom is -0.356 e. The minimum absolute atomic E-state index is 0.998. The zero-order valence-corrected chi connectivity index (χ0v) is 19.4. The van der Waals surface area contributed by atoms with Crippen molar-refractivity contribution >= 4 is 5.84 Å². The lowest BCUT2D eigenvalue weighted by Crippen LogP contribution is -2.55. The third-order valence-corrected chi connectivity index (χ3v) is 6.21. The molecule has 0 aromatic rings. The molecule has 1 aliphatic heterocycles. The van der Waals surface area contributed by atoms with Gasteiger partial charge in [0, 0.05) is 13.0 Å². The van der Waals surface area contributed by atoms with Crippen molar-refractivity contribution in [2.24, 2.45) is 4.99 Å². The molecule has 0 radical (unpaired) electrons. The highest BCUT2D eigenvalue weighted by molar-refractivity contribution is 5.83. The third kappa shape index (κ3) is 14.4. The first-order chi connectivity index (χ1) is 13.9. The molecular weight excluding hydrogens is 342 g/mol. The van der Waals surface area contributed by atoms with Crippen LogP contribution in [0, 0.1) is 0 Å². The Morgan fingerprint density at radius 3 is 1.54 bits per heavy atom. The number of quaternary nitrogens is 1. The Morgan fingerprint density at radius 2 is 1.11 bits per heavy atom. The van der Waals surface area contributed by atoms with Crippen LogP contribution in [0.5, 0.6) is 0 Å². The Kier molecular flexibility index (Phi) is 17.9. The number of hydrogen-bond acceptors (Lipinski definition) is 2. The van der Waals surface area contributed by atoms with Crippen molar-refractivity contribution < 1.29 is 5.73 Å². The zero-order valence-electron chi connectivity index (χ0n) is 19.4. The van der Waals surface area contributed by atoms with Gasteiger partial charge in [-0.05, 0) is 6.42 Å². The van der Waals surface area contributed by atoms with Gasteiger partial charge in [0.1, 0.15) is 0 Å². The minimum atomic E-state index is 0.998. The van der Waals surface area contributed by atoms with Crippen LogP contribution in [0.1, 0.15) is 129 Å². The van der Waals surface area contributed by atoms with E-state index in [0.29, 0.717) is 0 Å². The molecule has 0 unspecified atom stereocenters. The summed E-state index contributed by atoms with van der Waals surface area (Å²) in [6.07, 6.45) is 27.2. The molecule has 0 saturated carbocycles. The molecule has 0 atom stereocenters. The lowest BCUT2D eigenvalue weighted by molar-refractivity contribution is -0.367. The van der Waals surface area contributed by atoms with Crippen LogP contribution in [0.4, 0.5) is 0 Å². The number of aliphatic imine (C=N–C) groups is 1. The number of rotatable bonds is 21. The van der Waals surface area contributed by atoms with Crippen molar-refractivity contribution in [2.45, 2.75) is 129 Å². The van der Waals surface area contributed by atoms with Gasteiger partial charge in [0.15, 0.2) is 0 Å². The summed E-state index contributed by atoms with van der Waals surface area (Å²) in [7, 11) is 0. The molecule has 0 amide bonds. The standard InChI is InChI=1S/C25H51N3/c1-2-3-4-5-6-7-8-9-10-11-12-13-14-15-16-17-18-19-20-25-27-22-24-28(25)23-21-26/h2-24,26H2,1H3/p+1. The smallest absolute Gasteiger partial charge is 0.0992 e. The van der Waals surface area contributed by atoms with E-state index in [-0.39, 0.29) is 0 Å². The average Bonchev–Trinajstić information content (AvgIpc) is 3.14. The molecule has 3 N–H and O–H groups in total. The van der Waals surface area contributed by atoms with Gasteiger partial charge >= 0.3 is 0 Å².